The van der Waals surface area contributed by atoms with Crippen molar-refractivity contribution in [3.05, 3.63) is 70.8 Å². The fourth-order valence-electron chi connectivity index (χ4n) is 4.05. The predicted octanol–water partition coefficient (Wildman–Crippen LogP) is 3.47. The Morgan fingerprint density at radius 1 is 1.00 bits per heavy atom. The minimum absolute atomic E-state index is 0.124. The molecule has 0 spiro atoms. The Hall–Kier alpha value is -2.95. The molecule has 2 aromatic carbocycles. The van der Waals surface area contributed by atoms with Crippen molar-refractivity contribution in [2.24, 2.45) is 0 Å². The molecule has 1 aliphatic heterocycles. The Balaban J connectivity index is 1.50. The van der Waals surface area contributed by atoms with Gasteiger partial charge in [-0.1, -0.05) is 49.6 Å². The van der Waals surface area contributed by atoms with Crippen LogP contribution in [0.25, 0.3) is 0 Å². The van der Waals surface area contributed by atoms with Gasteiger partial charge in [-0.3, -0.25) is 19.3 Å². The number of amides is 3. The first-order valence-electron chi connectivity index (χ1n) is 9.94. The van der Waals surface area contributed by atoms with Crippen molar-refractivity contribution in [2.45, 2.75) is 51.1 Å². The Morgan fingerprint density at radius 3 is 2.50 bits per heavy atom. The molecule has 2 aliphatic rings. The lowest BCUT2D eigenvalue weighted by molar-refractivity contribution is -0.128. The first-order chi connectivity index (χ1) is 13.6. The molecule has 0 unspecified atom stereocenters. The number of hydrogen-bond acceptors (Lipinski definition) is 3. The van der Waals surface area contributed by atoms with E-state index in [1.54, 1.807) is 18.2 Å². The van der Waals surface area contributed by atoms with E-state index in [1.807, 2.05) is 30.3 Å². The summed E-state index contributed by atoms with van der Waals surface area (Å²) in [6.45, 7) is 0.266. The summed E-state index contributed by atoms with van der Waals surface area (Å²) < 4.78 is 0. The molecule has 0 atom stereocenters. The number of carbonyl (C=O) groups excluding carboxylic acids is 3. The summed E-state index contributed by atoms with van der Waals surface area (Å²) in [5.74, 6) is -0.651. The highest BCUT2D eigenvalue weighted by molar-refractivity contribution is 6.10. The molecule has 0 radical (unpaired) electrons. The maximum atomic E-state index is 12.8. The number of rotatable bonds is 4. The molecule has 3 amide bonds. The van der Waals surface area contributed by atoms with Gasteiger partial charge >= 0.3 is 0 Å². The van der Waals surface area contributed by atoms with Crippen LogP contribution in [0.1, 0.15) is 63.9 Å². The van der Waals surface area contributed by atoms with Gasteiger partial charge in [0, 0.05) is 17.2 Å². The Morgan fingerprint density at radius 2 is 1.75 bits per heavy atom. The molecular weight excluding hydrogens is 352 g/mol. The van der Waals surface area contributed by atoms with Crippen molar-refractivity contribution < 1.29 is 14.4 Å². The van der Waals surface area contributed by atoms with Crippen LogP contribution in [0.4, 0.5) is 0 Å². The molecule has 4 rings (SSSR count). The van der Waals surface area contributed by atoms with Crippen molar-refractivity contribution in [3.63, 3.8) is 0 Å². The summed E-state index contributed by atoms with van der Waals surface area (Å²) in [4.78, 5) is 39.3. The third-order valence-corrected chi connectivity index (χ3v) is 5.61. The standard InChI is InChI=1S/C23H24N2O3/c26-21-14-18-13-17(22(27)24-19-9-5-2-6-10-19)11-12-20(18)23(28)25(21)15-16-7-3-1-4-8-16/h1,3-4,7-8,11-13,19H,2,5-6,9-10,14-15H2,(H,24,27). The molecular formula is C23H24N2O3. The van der Waals surface area contributed by atoms with E-state index in [-0.39, 0.29) is 36.7 Å². The van der Waals surface area contributed by atoms with Gasteiger partial charge < -0.3 is 5.32 Å². The summed E-state index contributed by atoms with van der Waals surface area (Å²) in [5.41, 5.74) is 2.57. The van der Waals surface area contributed by atoms with E-state index in [0.717, 1.165) is 31.2 Å². The first-order valence-corrected chi connectivity index (χ1v) is 9.94. The fourth-order valence-corrected chi connectivity index (χ4v) is 4.05. The molecule has 144 valence electrons. The molecule has 2 aromatic rings. The highest BCUT2D eigenvalue weighted by Gasteiger charge is 2.31. The van der Waals surface area contributed by atoms with Crippen LogP contribution in [0.15, 0.2) is 48.5 Å². The van der Waals surface area contributed by atoms with E-state index in [4.69, 9.17) is 0 Å². The lowest BCUT2D eigenvalue weighted by Gasteiger charge is -2.27. The summed E-state index contributed by atoms with van der Waals surface area (Å²) >= 11 is 0. The van der Waals surface area contributed by atoms with Crippen LogP contribution in [-0.2, 0) is 17.8 Å². The number of benzene rings is 2. The van der Waals surface area contributed by atoms with E-state index in [0.29, 0.717) is 16.7 Å². The number of nitrogens with zero attached hydrogens (tertiary/aromatic N) is 1. The molecule has 28 heavy (non-hydrogen) atoms. The molecule has 1 aliphatic carbocycles. The van der Waals surface area contributed by atoms with Crippen LogP contribution in [0.5, 0.6) is 0 Å². The molecule has 1 N–H and O–H groups in total. The Kier molecular flexibility index (Phi) is 5.24. The lowest BCUT2D eigenvalue weighted by Crippen LogP contribution is -2.42. The van der Waals surface area contributed by atoms with Gasteiger partial charge in [0.1, 0.15) is 0 Å². The minimum Gasteiger partial charge on any atom is -0.349 e. The quantitative estimate of drug-likeness (QED) is 0.831. The molecule has 1 heterocycles. The summed E-state index contributed by atoms with van der Waals surface area (Å²) in [5, 5.41) is 3.09. The minimum atomic E-state index is -0.297. The van der Waals surface area contributed by atoms with Crippen LogP contribution in [0.2, 0.25) is 0 Å². The van der Waals surface area contributed by atoms with E-state index in [2.05, 4.69) is 5.32 Å². The highest BCUT2D eigenvalue weighted by Crippen LogP contribution is 2.24. The van der Waals surface area contributed by atoms with E-state index < -0.39 is 0 Å². The van der Waals surface area contributed by atoms with Crippen LogP contribution in [0.3, 0.4) is 0 Å². The molecule has 1 fully saturated rings. The predicted molar refractivity (Wildman–Crippen MR) is 106 cm³/mol. The van der Waals surface area contributed by atoms with Crippen LogP contribution in [-0.4, -0.2) is 28.7 Å². The maximum Gasteiger partial charge on any atom is 0.261 e. The van der Waals surface area contributed by atoms with Gasteiger partial charge in [0.15, 0.2) is 0 Å². The van der Waals surface area contributed by atoms with Crippen molar-refractivity contribution in [1.82, 2.24) is 10.2 Å². The highest BCUT2D eigenvalue weighted by atomic mass is 16.2. The van der Waals surface area contributed by atoms with E-state index in [9.17, 15) is 14.4 Å². The maximum absolute atomic E-state index is 12.8. The topological polar surface area (TPSA) is 66.5 Å². The van der Waals surface area contributed by atoms with Crippen LogP contribution >= 0.6 is 0 Å². The number of hydrogen-bond donors (Lipinski definition) is 1. The second-order valence-electron chi connectivity index (χ2n) is 7.63. The molecule has 1 saturated carbocycles. The zero-order valence-corrected chi connectivity index (χ0v) is 15.8. The molecule has 5 nitrogen and oxygen atoms in total. The van der Waals surface area contributed by atoms with Crippen molar-refractivity contribution in [3.8, 4) is 0 Å². The van der Waals surface area contributed by atoms with Gasteiger partial charge in [0.25, 0.3) is 11.8 Å². The summed E-state index contributed by atoms with van der Waals surface area (Å²) in [6, 6.07) is 14.8. The Labute approximate surface area is 164 Å². The van der Waals surface area contributed by atoms with Gasteiger partial charge in [0.2, 0.25) is 5.91 Å². The number of imide groups is 1. The lowest BCUT2D eigenvalue weighted by atomic mass is 9.94. The molecule has 5 heteroatoms. The molecule has 0 aromatic heterocycles. The van der Waals surface area contributed by atoms with Crippen LogP contribution in [0, 0.1) is 0 Å². The zero-order chi connectivity index (χ0) is 19.5. The summed E-state index contributed by atoms with van der Waals surface area (Å²) in [7, 11) is 0. The SMILES string of the molecule is O=C(NC1CCCCC1)c1ccc2c(c1)CC(=O)N(Cc1ccccc1)C2=O. The number of carbonyl (C=O) groups is 3. The zero-order valence-electron chi connectivity index (χ0n) is 15.8. The van der Waals surface area contributed by atoms with Crippen molar-refractivity contribution in [2.75, 3.05) is 0 Å². The van der Waals surface area contributed by atoms with Gasteiger partial charge in [-0.05, 0) is 42.2 Å². The first kappa shape index (κ1) is 18.4. The Bertz CT molecular complexity index is 901. The smallest absolute Gasteiger partial charge is 0.261 e. The number of fused-ring (bicyclic) bond motifs is 1. The normalized spacial score (nSPS) is 17.4. The molecule has 0 saturated heterocycles. The largest absolute Gasteiger partial charge is 0.349 e. The molecule has 0 bridgehead atoms. The van der Waals surface area contributed by atoms with Gasteiger partial charge in [-0.2, -0.15) is 0 Å². The van der Waals surface area contributed by atoms with Crippen LogP contribution < -0.4 is 5.32 Å². The number of nitrogens with one attached hydrogen (secondary N) is 1. The monoisotopic (exact) mass is 376 g/mol. The van der Waals surface area contributed by atoms with E-state index >= 15 is 0 Å². The third-order valence-electron chi connectivity index (χ3n) is 5.61. The fraction of sp³-hybridized carbons (Fsp3) is 0.348. The second-order valence-corrected chi connectivity index (χ2v) is 7.63. The third kappa shape index (κ3) is 3.84. The van der Waals surface area contributed by atoms with Gasteiger partial charge in [-0.15, -0.1) is 0 Å². The average molecular weight is 376 g/mol. The van der Waals surface area contributed by atoms with Crippen molar-refractivity contribution >= 4 is 17.7 Å². The van der Waals surface area contributed by atoms with Crippen molar-refractivity contribution in [1.29, 1.82) is 0 Å². The summed E-state index contributed by atoms with van der Waals surface area (Å²) in [6.07, 6.45) is 5.70. The van der Waals surface area contributed by atoms with Gasteiger partial charge in [0.05, 0.1) is 13.0 Å². The second kappa shape index (κ2) is 7.97. The average Bonchev–Trinajstić information content (AvgIpc) is 2.72. The van der Waals surface area contributed by atoms with Gasteiger partial charge in [-0.25, -0.2) is 0 Å². The van der Waals surface area contributed by atoms with E-state index in [1.165, 1.54) is 11.3 Å².